The minimum atomic E-state index is -0.258. The van der Waals surface area contributed by atoms with Gasteiger partial charge in [0.2, 0.25) is 5.56 Å². The second kappa shape index (κ2) is 5.67. The number of benzene rings is 1. The number of likely N-dealkylation sites (N-methyl/N-ethyl adjacent to an activating group) is 1. The lowest BCUT2D eigenvalue weighted by Gasteiger charge is -2.28. The summed E-state index contributed by atoms with van der Waals surface area (Å²) in [5.41, 5.74) is 2.44. The number of aromatic nitrogens is 1. The highest BCUT2D eigenvalue weighted by Crippen LogP contribution is 2.26. The fourth-order valence-electron chi connectivity index (χ4n) is 2.96. The molecule has 2 heterocycles. The van der Waals surface area contributed by atoms with Crippen LogP contribution in [0.5, 0.6) is 0 Å². The van der Waals surface area contributed by atoms with Crippen LogP contribution in [0.25, 0.3) is 0 Å². The van der Waals surface area contributed by atoms with Crippen molar-refractivity contribution in [2.75, 3.05) is 18.5 Å². The van der Waals surface area contributed by atoms with E-state index in [1.54, 1.807) is 6.07 Å². The van der Waals surface area contributed by atoms with Crippen LogP contribution < -0.4 is 10.5 Å². The normalized spacial score (nSPS) is 17.8. The zero-order valence-electron chi connectivity index (χ0n) is 12.7. The minimum absolute atomic E-state index is 0.0594. The molecule has 3 rings (SSSR count). The van der Waals surface area contributed by atoms with Crippen LogP contribution in [-0.4, -0.2) is 35.4 Å². The zero-order valence-corrected chi connectivity index (χ0v) is 12.7. The summed E-state index contributed by atoms with van der Waals surface area (Å²) in [5.74, 6) is -0.108. The van der Waals surface area contributed by atoms with Gasteiger partial charge in [-0.1, -0.05) is 18.2 Å². The molecule has 5 nitrogen and oxygen atoms in total. The Morgan fingerprint density at radius 2 is 2.05 bits per heavy atom. The fourth-order valence-corrected chi connectivity index (χ4v) is 2.96. The first-order valence-corrected chi connectivity index (χ1v) is 7.35. The van der Waals surface area contributed by atoms with Gasteiger partial charge >= 0.3 is 0 Å². The summed E-state index contributed by atoms with van der Waals surface area (Å²) in [6.07, 6.45) is 1.51. The Morgan fingerprint density at radius 1 is 1.27 bits per heavy atom. The number of fused-ring (bicyclic) bond motifs is 1. The second-order valence-electron chi connectivity index (χ2n) is 5.73. The first-order chi connectivity index (χ1) is 10.6. The highest BCUT2D eigenvalue weighted by Gasteiger charge is 2.27. The van der Waals surface area contributed by atoms with Crippen LogP contribution in [0.1, 0.15) is 22.8 Å². The maximum absolute atomic E-state index is 12.8. The highest BCUT2D eigenvalue weighted by atomic mass is 16.2. The average molecular weight is 297 g/mol. The fraction of sp³-hybridized carbons (Fsp3) is 0.294. The first kappa shape index (κ1) is 14.4. The lowest BCUT2D eigenvalue weighted by molar-refractivity contribution is 0.0687. The molecule has 1 atom stereocenters. The molecule has 0 bridgehead atoms. The van der Waals surface area contributed by atoms with Gasteiger partial charge in [0.25, 0.3) is 5.91 Å². The first-order valence-electron chi connectivity index (χ1n) is 7.35. The van der Waals surface area contributed by atoms with Crippen LogP contribution in [-0.2, 0) is 6.54 Å². The van der Waals surface area contributed by atoms with Gasteiger partial charge in [0.05, 0.1) is 0 Å². The Kier molecular flexibility index (Phi) is 3.71. The number of rotatable bonds is 1. The van der Waals surface area contributed by atoms with E-state index in [1.165, 1.54) is 12.3 Å². The molecule has 0 saturated heterocycles. The van der Waals surface area contributed by atoms with E-state index in [4.69, 9.17) is 0 Å². The molecule has 1 aliphatic heterocycles. The van der Waals surface area contributed by atoms with E-state index < -0.39 is 0 Å². The van der Waals surface area contributed by atoms with E-state index in [9.17, 15) is 9.59 Å². The molecule has 1 unspecified atom stereocenters. The van der Waals surface area contributed by atoms with Gasteiger partial charge in [-0.15, -0.1) is 0 Å². The average Bonchev–Trinajstić information content (AvgIpc) is 2.63. The van der Waals surface area contributed by atoms with Crippen LogP contribution in [0.2, 0.25) is 0 Å². The summed E-state index contributed by atoms with van der Waals surface area (Å²) in [5, 5.41) is 0. The second-order valence-corrected chi connectivity index (χ2v) is 5.73. The van der Waals surface area contributed by atoms with Crippen molar-refractivity contribution in [1.82, 2.24) is 9.88 Å². The molecule has 0 saturated carbocycles. The standard InChI is InChI=1S/C17H19N3O2/c1-12-10-19(2)15-6-4-3-5-14(15)11-20(12)17(22)13-7-8-18-16(21)9-13/h3-9,12H,10-11H2,1-2H3,(H,18,21). The lowest BCUT2D eigenvalue weighted by atomic mass is 10.1. The molecule has 1 aliphatic rings. The van der Waals surface area contributed by atoms with Gasteiger partial charge in [-0.25, -0.2) is 0 Å². The molecule has 1 aromatic heterocycles. The molecule has 0 spiro atoms. The molecular formula is C17H19N3O2. The third-order valence-corrected chi connectivity index (χ3v) is 4.10. The molecule has 5 heteroatoms. The molecule has 0 aliphatic carbocycles. The molecule has 114 valence electrons. The smallest absolute Gasteiger partial charge is 0.254 e. The highest BCUT2D eigenvalue weighted by molar-refractivity contribution is 5.94. The van der Waals surface area contributed by atoms with Gasteiger partial charge in [-0.3, -0.25) is 9.59 Å². The number of amides is 1. The van der Waals surface area contributed by atoms with E-state index in [-0.39, 0.29) is 17.5 Å². The summed E-state index contributed by atoms with van der Waals surface area (Å²) in [4.78, 5) is 30.8. The molecule has 1 aromatic carbocycles. The summed E-state index contributed by atoms with van der Waals surface area (Å²) < 4.78 is 0. The molecule has 2 aromatic rings. The van der Waals surface area contributed by atoms with Gasteiger partial charge < -0.3 is 14.8 Å². The van der Waals surface area contributed by atoms with Crippen molar-refractivity contribution in [3.05, 3.63) is 64.1 Å². The predicted molar refractivity (Wildman–Crippen MR) is 86.1 cm³/mol. The number of para-hydroxylation sites is 1. The lowest BCUT2D eigenvalue weighted by Crippen LogP contribution is -2.42. The maximum atomic E-state index is 12.8. The predicted octanol–water partition coefficient (Wildman–Crippen LogP) is 1.86. The Labute approximate surface area is 129 Å². The van der Waals surface area contributed by atoms with Crippen molar-refractivity contribution in [2.24, 2.45) is 0 Å². The summed E-state index contributed by atoms with van der Waals surface area (Å²) in [6.45, 7) is 3.34. The number of nitrogens with one attached hydrogen (secondary N) is 1. The van der Waals surface area contributed by atoms with E-state index in [0.29, 0.717) is 12.1 Å². The molecular weight excluding hydrogens is 278 g/mol. The van der Waals surface area contributed by atoms with Crippen molar-refractivity contribution < 1.29 is 4.79 Å². The Morgan fingerprint density at radius 3 is 2.82 bits per heavy atom. The molecule has 22 heavy (non-hydrogen) atoms. The Bertz CT molecular complexity index is 753. The Hall–Kier alpha value is -2.56. The number of H-pyrrole nitrogens is 1. The van der Waals surface area contributed by atoms with Crippen molar-refractivity contribution in [2.45, 2.75) is 19.5 Å². The molecule has 1 amide bonds. The summed E-state index contributed by atoms with van der Waals surface area (Å²) in [6, 6.07) is 11.2. The van der Waals surface area contributed by atoms with Gasteiger partial charge in [-0.2, -0.15) is 0 Å². The minimum Gasteiger partial charge on any atom is -0.372 e. The number of pyridine rings is 1. The van der Waals surface area contributed by atoms with E-state index in [2.05, 4.69) is 16.0 Å². The van der Waals surface area contributed by atoms with E-state index in [0.717, 1.165) is 17.8 Å². The van der Waals surface area contributed by atoms with Gasteiger partial charge in [0.15, 0.2) is 0 Å². The van der Waals surface area contributed by atoms with Crippen LogP contribution in [0.3, 0.4) is 0 Å². The topological polar surface area (TPSA) is 56.4 Å². The number of hydrogen-bond donors (Lipinski definition) is 1. The van der Waals surface area contributed by atoms with Gasteiger partial charge in [0.1, 0.15) is 0 Å². The molecule has 1 N–H and O–H groups in total. The number of hydrogen-bond acceptors (Lipinski definition) is 3. The molecule has 0 radical (unpaired) electrons. The third-order valence-electron chi connectivity index (χ3n) is 4.10. The number of aromatic amines is 1. The van der Waals surface area contributed by atoms with Crippen LogP contribution in [0, 0.1) is 0 Å². The van der Waals surface area contributed by atoms with Crippen molar-refractivity contribution >= 4 is 11.6 Å². The summed E-state index contributed by atoms with van der Waals surface area (Å²) in [7, 11) is 2.04. The zero-order chi connectivity index (χ0) is 15.7. The number of carbonyl (C=O) groups excluding carboxylic acids is 1. The van der Waals surface area contributed by atoms with Crippen molar-refractivity contribution in [3.8, 4) is 0 Å². The maximum Gasteiger partial charge on any atom is 0.254 e. The van der Waals surface area contributed by atoms with E-state index in [1.807, 2.05) is 37.1 Å². The molecule has 0 fully saturated rings. The van der Waals surface area contributed by atoms with Gasteiger partial charge in [0, 0.05) is 49.7 Å². The SMILES string of the molecule is CC1CN(C)c2ccccc2CN1C(=O)c1cc[nH]c(=O)c1. The van der Waals surface area contributed by atoms with Crippen molar-refractivity contribution in [3.63, 3.8) is 0 Å². The number of carbonyl (C=O) groups is 1. The largest absolute Gasteiger partial charge is 0.372 e. The number of nitrogens with zero attached hydrogens (tertiary/aromatic N) is 2. The van der Waals surface area contributed by atoms with Crippen molar-refractivity contribution in [1.29, 1.82) is 0 Å². The van der Waals surface area contributed by atoms with Crippen LogP contribution in [0.4, 0.5) is 5.69 Å². The Balaban J connectivity index is 1.97. The monoisotopic (exact) mass is 297 g/mol. The quantitative estimate of drug-likeness (QED) is 0.874. The van der Waals surface area contributed by atoms with E-state index >= 15 is 0 Å². The van der Waals surface area contributed by atoms with Crippen LogP contribution in [0.15, 0.2) is 47.4 Å². The number of anilines is 1. The summed E-state index contributed by atoms with van der Waals surface area (Å²) >= 11 is 0. The third kappa shape index (κ3) is 2.62. The van der Waals surface area contributed by atoms with Crippen LogP contribution >= 0.6 is 0 Å². The van der Waals surface area contributed by atoms with Gasteiger partial charge in [-0.05, 0) is 24.6 Å².